The molecule has 27 heavy (non-hydrogen) atoms. The van der Waals surface area contributed by atoms with Crippen molar-refractivity contribution in [3.05, 3.63) is 47.5 Å². The molecule has 0 aromatic heterocycles. The number of hydrogen-bond acceptors (Lipinski definition) is 5. The van der Waals surface area contributed by atoms with Crippen molar-refractivity contribution in [2.75, 3.05) is 26.4 Å². The lowest BCUT2D eigenvalue weighted by atomic mass is 10.1. The molecule has 0 radical (unpaired) electrons. The molecule has 0 spiro atoms. The molecule has 2 aromatic rings. The van der Waals surface area contributed by atoms with Crippen molar-refractivity contribution >= 4 is 5.91 Å². The van der Waals surface area contributed by atoms with Gasteiger partial charge in [-0.05, 0) is 56.7 Å². The maximum absolute atomic E-state index is 12.6. The Morgan fingerprint density at radius 3 is 2.44 bits per heavy atom. The molecule has 1 atom stereocenters. The summed E-state index contributed by atoms with van der Waals surface area (Å²) < 4.78 is 22.3. The van der Waals surface area contributed by atoms with Crippen molar-refractivity contribution in [1.29, 1.82) is 0 Å². The highest BCUT2D eigenvalue weighted by molar-refractivity contribution is 5.95. The van der Waals surface area contributed by atoms with E-state index >= 15 is 0 Å². The first-order chi connectivity index (χ1) is 13.1. The molecule has 6 nitrogen and oxygen atoms in total. The summed E-state index contributed by atoms with van der Waals surface area (Å²) in [5.74, 6) is 2.47. The first kappa shape index (κ1) is 18.9. The van der Waals surface area contributed by atoms with Crippen LogP contribution in [0.4, 0.5) is 0 Å². The second kappa shape index (κ2) is 8.66. The Balaban J connectivity index is 1.73. The number of carbonyl (C=O) groups excluding carboxylic acids is 1. The fraction of sp³-hybridized carbons (Fsp3) is 0.381. The maximum Gasteiger partial charge on any atom is 0.251 e. The number of nitrogens with one attached hydrogen (secondary N) is 1. The normalized spacial score (nSPS) is 13.6. The standard InChI is InChI=1S/C21H25NO5/c1-4-24-17-8-6-15(12-19(17)25-5-2)14(3)22-21(23)16-7-9-18-20(13-16)27-11-10-26-18/h6-9,12-14H,4-5,10-11H2,1-3H3,(H,22,23)/t14-/m0/s1. The van der Waals surface area contributed by atoms with Gasteiger partial charge in [0, 0.05) is 5.56 Å². The Labute approximate surface area is 159 Å². The number of fused-ring (bicyclic) bond motifs is 1. The molecule has 1 amide bonds. The fourth-order valence-electron chi connectivity index (χ4n) is 2.88. The minimum absolute atomic E-state index is 0.175. The van der Waals surface area contributed by atoms with Crippen LogP contribution in [-0.2, 0) is 0 Å². The third kappa shape index (κ3) is 4.45. The van der Waals surface area contributed by atoms with Crippen LogP contribution in [0.5, 0.6) is 23.0 Å². The fourth-order valence-corrected chi connectivity index (χ4v) is 2.88. The zero-order chi connectivity index (χ0) is 19.2. The van der Waals surface area contributed by atoms with E-state index in [1.807, 2.05) is 39.0 Å². The first-order valence-electron chi connectivity index (χ1n) is 9.22. The van der Waals surface area contributed by atoms with E-state index in [0.29, 0.717) is 55.0 Å². The van der Waals surface area contributed by atoms with E-state index in [9.17, 15) is 4.79 Å². The van der Waals surface area contributed by atoms with Crippen molar-refractivity contribution in [3.63, 3.8) is 0 Å². The lowest BCUT2D eigenvalue weighted by Crippen LogP contribution is -2.27. The van der Waals surface area contributed by atoms with Gasteiger partial charge in [0.15, 0.2) is 23.0 Å². The van der Waals surface area contributed by atoms with Crippen molar-refractivity contribution in [2.24, 2.45) is 0 Å². The molecule has 6 heteroatoms. The summed E-state index contributed by atoms with van der Waals surface area (Å²) in [6, 6.07) is 10.7. The van der Waals surface area contributed by atoms with Gasteiger partial charge in [-0.15, -0.1) is 0 Å². The highest BCUT2D eigenvalue weighted by Crippen LogP contribution is 2.32. The van der Waals surface area contributed by atoms with E-state index in [-0.39, 0.29) is 11.9 Å². The highest BCUT2D eigenvalue weighted by atomic mass is 16.6. The zero-order valence-electron chi connectivity index (χ0n) is 15.9. The topological polar surface area (TPSA) is 66.0 Å². The summed E-state index contributed by atoms with van der Waals surface area (Å²) in [5, 5.41) is 3.01. The van der Waals surface area contributed by atoms with Gasteiger partial charge in [0.2, 0.25) is 0 Å². The van der Waals surface area contributed by atoms with Gasteiger partial charge in [-0.1, -0.05) is 6.07 Å². The second-order valence-electron chi connectivity index (χ2n) is 6.13. The lowest BCUT2D eigenvalue weighted by Gasteiger charge is -2.20. The third-order valence-corrected chi connectivity index (χ3v) is 4.22. The molecular formula is C21H25NO5. The molecule has 0 unspecified atom stereocenters. The van der Waals surface area contributed by atoms with Gasteiger partial charge >= 0.3 is 0 Å². The van der Waals surface area contributed by atoms with E-state index in [1.54, 1.807) is 18.2 Å². The van der Waals surface area contributed by atoms with E-state index in [1.165, 1.54) is 0 Å². The smallest absolute Gasteiger partial charge is 0.251 e. The van der Waals surface area contributed by atoms with Gasteiger partial charge in [0.05, 0.1) is 19.3 Å². The Bertz CT molecular complexity index is 805. The number of amides is 1. The molecule has 0 fully saturated rings. The summed E-state index contributed by atoms with van der Waals surface area (Å²) in [5.41, 5.74) is 1.47. The summed E-state index contributed by atoms with van der Waals surface area (Å²) in [4.78, 5) is 12.6. The van der Waals surface area contributed by atoms with Crippen LogP contribution in [0.25, 0.3) is 0 Å². The Morgan fingerprint density at radius 2 is 1.70 bits per heavy atom. The monoisotopic (exact) mass is 371 g/mol. The van der Waals surface area contributed by atoms with Crippen LogP contribution in [0, 0.1) is 0 Å². The van der Waals surface area contributed by atoms with Crippen LogP contribution in [0.3, 0.4) is 0 Å². The number of rotatable bonds is 7. The van der Waals surface area contributed by atoms with E-state index in [2.05, 4.69) is 5.32 Å². The SMILES string of the molecule is CCOc1ccc([C@H](C)NC(=O)c2ccc3c(c2)OCCO3)cc1OCC. The van der Waals surface area contributed by atoms with Crippen molar-refractivity contribution < 1.29 is 23.7 Å². The Hall–Kier alpha value is -2.89. The quantitative estimate of drug-likeness (QED) is 0.803. The van der Waals surface area contributed by atoms with Crippen LogP contribution in [0.2, 0.25) is 0 Å². The predicted octanol–water partition coefficient (Wildman–Crippen LogP) is 3.75. The number of ether oxygens (including phenoxy) is 4. The lowest BCUT2D eigenvalue weighted by molar-refractivity contribution is 0.0938. The summed E-state index contributed by atoms with van der Waals surface area (Å²) in [7, 11) is 0. The van der Waals surface area contributed by atoms with Crippen LogP contribution >= 0.6 is 0 Å². The molecule has 1 heterocycles. The molecule has 2 aromatic carbocycles. The average molecular weight is 371 g/mol. The molecule has 1 aliphatic rings. The Kier molecular flexibility index (Phi) is 6.06. The van der Waals surface area contributed by atoms with Gasteiger partial charge in [-0.25, -0.2) is 0 Å². The minimum Gasteiger partial charge on any atom is -0.490 e. The molecule has 144 valence electrons. The highest BCUT2D eigenvalue weighted by Gasteiger charge is 2.17. The number of carbonyl (C=O) groups is 1. The Morgan fingerprint density at radius 1 is 1.00 bits per heavy atom. The molecule has 0 saturated carbocycles. The average Bonchev–Trinajstić information content (AvgIpc) is 2.69. The van der Waals surface area contributed by atoms with Crippen molar-refractivity contribution in [1.82, 2.24) is 5.32 Å². The molecule has 0 aliphatic carbocycles. The van der Waals surface area contributed by atoms with Gasteiger partial charge < -0.3 is 24.3 Å². The summed E-state index contributed by atoms with van der Waals surface area (Å²) in [6.07, 6.45) is 0. The molecule has 1 aliphatic heterocycles. The first-order valence-corrected chi connectivity index (χ1v) is 9.22. The van der Waals surface area contributed by atoms with Crippen LogP contribution in [0.1, 0.15) is 42.7 Å². The van der Waals surface area contributed by atoms with Gasteiger partial charge in [0.25, 0.3) is 5.91 Å². The molecular weight excluding hydrogens is 346 g/mol. The van der Waals surface area contributed by atoms with E-state index in [4.69, 9.17) is 18.9 Å². The summed E-state index contributed by atoms with van der Waals surface area (Å²) in [6.45, 7) is 7.91. The van der Waals surface area contributed by atoms with Crippen molar-refractivity contribution in [2.45, 2.75) is 26.8 Å². The van der Waals surface area contributed by atoms with Gasteiger partial charge in [-0.2, -0.15) is 0 Å². The van der Waals surface area contributed by atoms with Crippen molar-refractivity contribution in [3.8, 4) is 23.0 Å². The summed E-state index contributed by atoms with van der Waals surface area (Å²) >= 11 is 0. The number of benzene rings is 2. The van der Waals surface area contributed by atoms with Crippen LogP contribution < -0.4 is 24.3 Å². The van der Waals surface area contributed by atoms with E-state index < -0.39 is 0 Å². The molecule has 0 saturated heterocycles. The maximum atomic E-state index is 12.6. The second-order valence-corrected chi connectivity index (χ2v) is 6.13. The van der Waals surface area contributed by atoms with Crippen LogP contribution in [0.15, 0.2) is 36.4 Å². The van der Waals surface area contributed by atoms with E-state index in [0.717, 1.165) is 5.56 Å². The molecule has 1 N–H and O–H groups in total. The number of hydrogen-bond donors (Lipinski definition) is 1. The van der Waals surface area contributed by atoms with Gasteiger partial charge in [0.1, 0.15) is 13.2 Å². The minimum atomic E-state index is -0.194. The van der Waals surface area contributed by atoms with Gasteiger partial charge in [-0.3, -0.25) is 4.79 Å². The largest absolute Gasteiger partial charge is 0.490 e. The zero-order valence-corrected chi connectivity index (χ0v) is 15.9. The molecule has 0 bridgehead atoms. The molecule has 3 rings (SSSR count). The third-order valence-electron chi connectivity index (χ3n) is 4.22. The van der Waals surface area contributed by atoms with Crippen LogP contribution in [-0.4, -0.2) is 32.3 Å². The predicted molar refractivity (Wildman–Crippen MR) is 102 cm³/mol.